The summed E-state index contributed by atoms with van der Waals surface area (Å²) in [5.41, 5.74) is 2.56. The monoisotopic (exact) mass is 318 g/mol. The van der Waals surface area contributed by atoms with E-state index in [2.05, 4.69) is 77.2 Å². The Kier molecular flexibility index (Phi) is 7.57. The molecule has 1 nitrogen and oxygen atoms in total. The van der Waals surface area contributed by atoms with E-state index in [1.807, 2.05) is 0 Å². The highest BCUT2D eigenvalue weighted by atomic mass is 28.4. The van der Waals surface area contributed by atoms with Crippen molar-refractivity contribution in [1.82, 2.24) is 0 Å². The maximum atomic E-state index is 6.27. The van der Waals surface area contributed by atoms with Gasteiger partial charge in [-0.1, -0.05) is 77.0 Å². The van der Waals surface area contributed by atoms with E-state index in [4.69, 9.17) is 4.43 Å². The van der Waals surface area contributed by atoms with Gasteiger partial charge < -0.3 is 4.43 Å². The number of rotatable bonds is 8. The number of hydrogen-bond acceptors (Lipinski definition) is 1. The third-order valence-corrected chi connectivity index (χ3v) is 9.15. The van der Waals surface area contributed by atoms with Gasteiger partial charge >= 0.3 is 0 Å². The summed E-state index contributed by atoms with van der Waals surface area (Å²) in [4.78, 5) is 0. The van der Waals surface area contributed by atoms with Gasteiger partial charge in [0.2, 0.25) is 0 Å². The molecule has 1 rings (SSSR count). The average Bonchev–Trinajstić information content (AvgIpc) is 2.45. The molecule has 0 aliphatic rings. The van der Waals surface area contributed by atoms with Gasteiger partial charge in [-0.2, -0.15) is 0 Å². The molecule has 124 valence electrons. The van der Waals surface area contributed by atoms with Crippen LogP contribution in [0.2, 0.25) is 18.1 Å². The van der Waals surface area contributed by atoms with Crippen molar-refractivity contribution in [3.63, 3.8) is 0 Å². The van der Waals surface area contributed by atoms with Crippen molar-refractivity contribution in [2.24, 2.45) is 0 Å². The molecule has 0 saturated carbocycles. The Morgan fingerprint density at radius 3 is 2.23 bits per heavy atom. The smallest absolute Gasteiger partial charge is 0.192 e. The predicted octanol–water partition coefficient (Wildman–Crippen LogP) is 6.80. The fourth-order valence-electron chi connectivity index (χ4n) is 1.94. The third-order valence-electron chi connectivity index (χ3n) is 4.67. The summed E-state index contributed by atoms with van der Waals surface area (Å²) in [5, 5.41) is 0.272. The Morgan fingerprint density at radius 2 is 1.68 bits per heavy atom. The Hall–Kier alpha value is -0.863. The first-order valence-corrected chi connectivity index (χ1v) is 11.6. The van der Waals surface area contributed by atoms with Crippen LogP contribution in [-0.4, -0.2) is 8.32 Å². The molecular weight excluding hydrogens is 284 g/mol. The Bertz CT molecular complexity index is 452. The van der Waals surface area contributed by atoms with Crippen LogP contribution in [0.5, 0.6) is 0 Å². The molecule has 2 heteroatoms. The molecule has 0 saturated heterocycles. The van der Waals surface area contributed by atoms with Crippen LogP contribution < -0.4 is 0 Å². The molecule has 1 aromatic carbocycles. The van der Waals surface area contributed by atoms with Crippen molar-refractivity contribution in [1.29, 1.82) is 0 Å². The van der Waals surface area contributed by atoms with E-state index in [1.165, 1.54) is 36.8 Å². The van der Waals surface area contributed by atoms with Gasteiger partial charge in [0.05, 0.1) is 6.61 Å². The van der Waals surface area contributed by atoms with Gasteiger partial charge in [-0.15, -0.1) is 0 Å². The predicted molar refractivity (Wildman–Crippen MR) is 102 cm³/mol. The molecule has 0 aliphatic carbocycles. The van der Waals surface area contributed by atoms with Crippen molar-refractivity contribution in [2.75, 3.05) is 0 Å². The fourth-order valence-corrected chi connectivity index (χ4v) is 2.90. The molecule has 0 aliphatic heterocycles. The van der Waals surface area contributed by atoms with Crippen LogP contribution in [0.1, 0.15) is 64.5 Å². The Morgan fingerprint density at radius 1 is 1.05 bits per heavy atom. The topological polar surface area (TPSA) is 9.23 Å². The summed E-state index contributed by atoms with van der Waals surface area (Å²) in [6, 6.07) is 8.78. The van der Waals surface area contributed by atoms with E-state index in [9.17, 15) is 0 Å². The lowest BCUT2D eigenvalue weighted by Gasteiger charge is -2.36. The van der Waals surface area contributed by atoms with Crippen LogP contribution in [0.25, 0.3) is 6.08 Å². The normalized spacial score (nSPS) is 13.0. The van der Waals surface area contributed by atoms with Gasteiger partial charge in [0.15, 0.2) is 8.32 Å². The third kappa shape index (κ3) is 6.49. The second-order valence-corrected chi connectivity index (χ2v) is 12.5. The molecule has 0 radical (unpaired) electrons. The van der Waals surface area contributed by atoms with Crippen LogP contribution in [-0.2, 0) is 11.0 Å². The van der Waals surface area contributed by atoms with Crippen molar-refractivity contribution in [2.45, 2.75) is 78.1 Å². The van der Waals surface area contributed by atoms with Crippen LogP contribution >= 0.6 is 0 Å². The molecule has 1 aromatic rings. The molecule has 0 heterocycles. The summed E-state index contributed by atoms with van der Waals surface area (Å²) in [5.74, 6) is 0. The second-order valence-electron chi connectivity index (χ2n) is 7.69. The van der Waals surface area contributed by atoms with E-state index >= 15 is 0 Å². The molecule has 0 N–H and O–H groups in total. The summed E-state index contributed by atoms with van der Waals surface area (Å²) < 4.78 is 6.27. The van der Waals surface area contributed by atoms with Crippen molar-refractivity contribution >= 4 is 14.4 Å². The number of hydrogen-bond donors (Lipinski definition) is 0. The van der Waals surface area contributed by atoms with Gasteiger partial charge in [0.25, 0.3) is 0 Å². The number of allylic oxidation sites excluding steroid dienone is 1. The van der Waals surface area contributed by atoms with Gasteiger partial charge in [-0.25, -0.2) is 0 Å². The number of benzene rings is 1. The average molecular weight is 319 g/mol. The van der Waals surface area contributed by atoms with E-state index in [0.717, 1.165) is 6.61 Å². The standard InChI is InChI=1S/C20H34OSi/c1-7-8-9-10-11-12-18-13-15-19(16-14-18)17-21-22(5,6)20(2,3)4/h11-16H,7-10,17H2,1-6H3/b12-11-. The van der Waals surface area contributed by atoms with Gasteiger partial charge in [-0.3, -0.25) is 0 Å². The van der Waals surface area contributed by atoms with E-state index in [-0.39, 0.29) is 5.04 Å². The van der Waals surface area contributed by atoms with Crippen LogP contribution in [0, 0.1) is 0 Å². The van der Waals surface area contributed by atoms with Crippen LogP contribution in [0.4, 0.5) is 0 Å². The maximum absolute atomic E-state index is 6.27. The Labute approximate surface area is 138 Å². The van der Waals surface area contributed by atoms with Gasteiger partial charge in [0, 0.05) is 0 Å². The highest BCUT2D eigenvalue weighted by Gasteiger charge is 2.36. The van der Waals surface area contributed by atoms with Crippen LogP contribution in [0.15, 0.2) is 30.3 Å². The van der Waals surface area contributed by atoms with Gasteiger partial charge in [-0.05, 0) is 42.1 Å². The van der Waals surface area contributed by atoms with Crippen molar-refractivity contribution in [3.05, 3.63) is 41.5 Å². The zero-order valence-electron chi connectivity index (χ0n) is 15.4. The molecule has 0 spiro atoms. The fraction of sp³-hybridized carbons (Fsp3) is 0.600. The van der Waals surface area contributed by atoms with E-state index < -0.39 is 8.32 Å². The van der Waals surface area contributed by atoms with Crippen molar-refractivity contribution in [3.8, 4) is 0 Å². The summed E-state index contributed by atoms with van der Waals surface area (Å²) in [7, 11) is -1.65. The second kappa shape index (κ2) is 8.69. The molecule has 0 unspecified atom stereocenters. The summed E-state index contributed by atoms with van der Waals surface area (Å²) in [6.45, 7) is 14.4. The zero-order chi connectivity index (χ0) is 16.6. The Balaban J connectivity index is 2.48. The van der Waals surface area contributed by atoms with Gasteiger partial charge in [0.1, 0.15) is 0 Å². The molecule has 0 amide bonds. The van der Waals surface area contributed by atoms with Crippen molar-refractivity contribution < 1.29 is 4.43 Å². The minimum absolute atomic E-state index is 0.272. The molecule has 0 bridgehead atoms. The van der Waals surface area contributed by atoms with E-state index in [1.54, 1.807) is 0 Å². The highest BCUT2D eigenvalue weighted by Crippen LogP contribution is 2.37. The summed E-state index contributed by atoms with van der Waals surface area (Å²) >= 11 is 0. The zero-order valence-corrected chi connectivity index (χ0v) is 16.4. The molecule has 0 aromatic heterocycles. The minimum atomic E-state index is -1.65. The lowest BCUT2D eigenvalue weighted by molar-refractivity contribution is 0.276. The lowest BCUT2D eigenvalue weighted by atomic mass is 10.1. The first-order chi connectivity index (χ1) is 10.3. The van der Waals surface area contributed by atoms with Crippen LogP contribution in [0.3, 0.4) is 0 Å². The summed E-state index contributed by atoms with van der Waals surface area (Å²) in [6.07, 6.45) is 9.62. The first kappa shape index (κ1) is 19.2. The number of unbranched alkanes of at least 4 members (excludes halogenated alkanes) is 3. The van der Waals surface area contributed by atoms with E-state index in [0.29, 0.717) is 0 Å². The first-order valence-electron chi connectivity index (χ1n) is 8.66. The maximum Gasteiger partial charge on any atom is 0.192 e. The largest absolute Gasteiger partial charge is 0.413 e. The minimum Gasteiger partial charge on any atom is -0.413 e. The molecule has 0 fully saturated rings. The molecule has 22 heavy (non-hydrogen) atoms. The SMILES string of the molecule is CCCCC/C=C\c1ccc(CO[Si](C)(C)C(C)(C)C)cc1. The lowest BCUT2D eigenvalue weighted by Crippen LogP contribution is -2.40. The molecular formula is C20H34OSi. The molecule has 0 atom stereocenters. The highest BCUT2D eigenvalue weighted by molar-refractivity contribution is 6.74. The quantitative estimate of drug-likeness (QED) is 0.378.